The summed E-state index contributed by atoms with van der Waals surface area (Å²) in [5.41, 5.74) is 6.01. The second-order valence-electron chi connectivity index (χ2n) is 10.3. The molecule has 1 heterocycles. The van der Waals surface area contributed by atoms with Gasteiger partial charge in [0.2, 0.25) is 0 Å². The Morgan fingerprint density at radius 2 is 1.86 bits per heavy atom. The Balaban J connectivity index is 1.37. The van der Waals surface area contributed by atoms with Crippen molar-refractivity contribution in [2.45, 2.75) is 51.2 Å². The Bertz CT molecular complexity index is 1400. The number of nitrogens with zero attached hydrogens (tertiary/aromatic N) is 3. The molecule has 0 unspecified atom stereocenters. The molecule has 6 heteroatoms. The van der Waals surface area contributed by atoms with Crippen molar-refractivity contribution in [3.63, 3.8) is 0 Å². The molecule has 0 radical (unpaired) electrons. The Morgan fingerprint density at radius 1 is 1.05 bits per heavy atom. The van der Waals surface area contributed by atoms with Gasteiger partial charge >= 0.3 is 5.97 Å². The van der Waals surface area contributed by atoms with Gasteiger partial charge in [0.05, 0.1) is 28.6 Å². The highest BCUT2D eigenvalue weighted by Gasteiger charge is 2.45. The number of ether oxygens (including phenoxy) is 1. The largest absolute Gasteiger partial charge is 0.487 e. The number of fused-ring (bicyclic) bond motifs is 3. The van der Waals surface area contributed by atoms with Crippen LogP contribution in [0.15, 0.2) is 71.8 Å². The first-order chi connectivity index (χ1) is 18.1. The van der Waals surface area contributed by atoms with Gasteiger partial charge in [0, 0.05) is 17.5 Å². The van der Waals surface area contributed by atoms with E-state index in [1.165, 1.54) is 25.7 Å². The maximum Gasteiger partial charge on any atom is 0.335 e. The molecule has 1 saturated carbocycles. The van der Waals surface area contributed by atoms with Crippen molar-refractivity contribution in [3.05, 3.63) is 94.5 Å². The van der Waals surface area contributed by atoms with Crippen molar-refractivity contribution in [3.8, 4) is 11.8 Å². The number of carbonyl (C=O) groups is 1. The molecule has 3 aromatic rings. The Kier molecular flexibility index (Phi) is 6.13. The molecule has 2 aliphatic carbocycles. The molecule has 1 aliphatic heterocycles. The summed E-state index contributed by atoms with van der Waals surface area (Å²) in [5, 5.41) is 26.6. The molecule has 1 N–H and O–H groups in total. The van der Waals surface area contributed by atoms with E-state index in [-0.39, 0.29) is 6.04 Å². The van der Waals surface area contributed by atoms with Crippen LogP contribution in [-0.2, 0) is 13.0 Å². The average molecular weight is 492 g/mol. The van der Waals surface area contributed by atoms with Crippen LogP contribution in [0.1, 0.15) is 64.7 Å². The lowest BCUT2D eigenvalue weighted by atomic mass is 9.75. The number of rotatable bonds is 6. The maximum absolute atomic E-state index is 11.5. The van der Waals surface area contributed by atoms with E-state index in [2.05, 4.69) is 11.1 Å². The zero-order valence-corrected chi connectivity index (χ0v) is 20.6. The fourth-order valence-corrected chi connectivity index (χ4v) is 6.30. The average Bonchev–Trinajstić information content (AvgIpc) is 3.60. The fourth-order valence-electron chi connectivity index (χ4n) is 6.30. The molecule has 2 atom stereocenters. The molecule has 0 bridgehead atoms. The van der Waals surface area contributed by atoms with Crippen molar-refractivity contribution < 1.29 is 14.6 Å². The predicted octanol–water partition coefficient (Wildman–Crippen LogP) is 6.18. The number of aryl methyl sites for hydroxylation is 1. The summed E-state index contributed by atoms with van der Waals surface area (Å²) >= 11 is 0. The van der Waals surface area contributed by atoms with Gasteiger partial charge in [-0.2, -0.15) is 10.4 Å². The molecule has 0 amide bonds. The molecule has 1 fully saturated rings. The molecule has 6 rings (SSSR count). The standard InChI is InChI=1S/C31H29N3O3/c32-18-24-10-13-25(17-28(24)37-19-20-6-2-1-3-7-20)34-30(21-8-4-5-9-21)27-15-11-22-16-23(31(35)36)12-14-26(22)29(27)33-34/h1-3,6-7,10,12-14,16-17,21,27,30H,4-5,8-9,11,15,19H2,(H,35,36)/t27-,30-/m0/s1. The molecular weight excluding hydrogens is 462 g/mol. The van der Waals surface area contributed by atoms with E-state index in [1.807, 2.05) is 54.6 Å². The third kappa shape index (κ3) is 4.35. The van der Waals surface area contributed by atoms with Gasteiger partial charge in [-0.1, -0.05) is 49.2 Å². The lowest BCUT2D eigenvalue weighted by Gasteiger charge is -2.34. The number of carboxylic acid groups (broad SMARTS) is 1. The smallest absolute Gasteiger partial charge is 0.335 e. The third-order valence-electron chi connectivity index (χ3n) is 8.08. The van der Waals surface area contributed by atoms with Crippen LogP contribution in [0.3, 0.4) is 0 Å². The molecule has 37 heavy (non-hydrogen) atoms. The summed E-state index contributed by atoms with van der Waals surface area (Å²) in [4.78, 5) is 11.5. The van der Waals surface area contributed by atoms with Crippen molar-refractivity contribution in [1.82, 2.24) is 0 Å². The lowest BCUT2D eigenvalue weighted by Crippen LogP contribution is -2.40. The Hall–Kier alpha value is -4.11. The van der Waals surface area contributed by atoms with Crippen LogP contribution in [0.25, 0.3) is 0 Å². The van der Waals surface area contributed by atoms with Crippen LogP contribution in [0.4, 0.5) is 5.69 Å². The Morgan fingerprint density at radius 3 is 2.62 bits per heavy atom. The molecule has 6 nitrogen and oxygen atoms in total. The van der Waals surface area contributed by atoms with Crippen LogP contribution in [-0.4, -0.2) is 22.8 Å². The summed E-state index contributed by atoms with van der Waals surface area (Å²) in [7, 11) is 0. The number of hydrogen-bond donors (Lipinski definition) is 1. The maximum atomic E-state index is 11.5. The molecule has 0 spiro atoms. The van der Waals surface area contributed by atoms with Crippen molar-refractivity contribution in [1.29, 1.82) is 5.26 Å². The van der Waals surface area contributed by atoms with Gasteiger partial charge < -0.3 is 9.84 Å². The molecule has 3 aliphatic rings. The number of hydrogen-bond acceptors (Lipinski definition) is 5. The van der Waals surface area contributed by atoms with E-state index in [9.17, 15) is 15.2 Å². The van der Waals surface area contributed by atoms with E-state index in [1.54, 1.807) is 12.1 Å². The van der Waals surface area contributed by atoms with Gasteiger partial charge in [0.25, 0.3) is 0 Å². The minimum absolute atomic E-state index is 0.250. The molecular formula is C31H29N3O3. The first-order valence-corrected chi connectivity index (χ1v) is 13.1. The number of benzene rings is 3. The quantitative estimate of drug-likeness (QED) is 0.445. The van der Waals surface area contributed by atoms with Gasteiger partial charge in [-0.15, -0.1) is 0 Å². The fraction of sp³-hybridized carbons (Fsp3) is 0.323. The zero-order chi connectivity index (χ0) is 25.4. The normalized spacial score (nSPS) is 20.6. The van der Waals surface area contributed by atoms with Gasteiger partial charge in [-0.3, -0.25) is 5.01 Å². The first-order valence-electron chi connectivity index (χ1n) is 13.1. The van der Waals surface area contributed by atoms with Gasteiger partial charge in [-0.05, 0) is 67.0 Å². The minimum Gasteiger partial charge on any atom is -0.487 e. The van der Waals surface area contributed by atoms with Gasteiger partial charge in [0.15, 0.2) is 0 Å². The van der Waals surface area contributed by atoms with Crippen LogP contribution >= 0.6 is 0 Å². The predicted molar refractivity (Wildman–Crippen MR) is 142 cm³/mol. The third-order valence-corrected chi connectivity index (χ3v) is 8.08. The van der Waals surface area contributed by atoms with E-state index in [0.717, 1.165) is 40.9 Å². The Labute approximate surface area is 216 Å². The molecule has 186 valence electrons. The van der Waals surface area contributed by atoms with Gasteiger partial charge in [-0.25, -0.2) is 4.79 Å². The summed E-state index contributed by atoms with van der Waals surface area (Å²) in [6, 6.07) is 23.7. The van der Waals surface area contributed by atoms with Crippen LogP contribution in [0, 0.1) is 23.2 Å². The topological polar surface area (TPSA) is 85.9 Å². The van der Waals surface area contributed by atoms with Crippen molar-refractivity contribution in [2.75, 3.05) is 5.01 Å². The molecule has 3 aromatic carbocycles. The monoisotopic (exact) mass is 491 g/mol. The summed E-state index contributed by atoms with van der Waals surface area (Å²) < 4.78 is 6.13. The van der Waals surface area contributed by atoms with Crippen LogP contribution in [0.2, 0.25) is 0 Å². The van der Waals surface area contributed by atoms with Crippen LogP contribution in [0.5, 0.6) is 5.75 Å². The van der Waals surface area contributed by atoms with E-state index >= 15 is 0 Å². The summed E-state index contributed by atoms with van der Waals surface area (Å²) in [6.45, 7) is 0.390. The molecule has 0 saturated heterocycles. The first kappa shape index (κ1) is 23.3. The van der Waals surface area contributed by atoms with E-state index in [4.69, 9.17) is 9.84 Å². The van der Waals surface area contributed by atoms with Crippen molar-refractivity contribution >= 4 is 17.4 Å². The number of nitriles is 1. The zero-order valence-electron chi connectivity index (χ0n) is 20.6. The van der Waals surface area contributed by atoms with Gasteiger partial charge in [0.1, 0.15) is 18.4 Å². The highest BCUT2D eigenvalue weighted by Crippen LogP contribution is 2.45. The second kappa shape index (κ2) is 9.74. The lowest BCUT2D eigenvalue weighted by molar-refractivity contribution is 0.0696. The molecule has 0 aromatic heterocycles. The highest BCUT2D eigenvalue weighted by atomic mass is 16.5. The number of hydrazone groups is 1. The minimum atomic E-state index is -0.899. The number of anilines is 1. The SMILES string of the molecule is N#Cc1ccc(N2N=C3c4ccc(C(=O)O)cc4CC[C@@H]3[C@@H]2C2CCCC2)cc1OCc1ccccc1. The second-order valence-corrected chi connectivity index (χ2v) is 10.3. The van der Waals surface area contributed by atoms with Crippen LogP contribution < -0.4 is 9.75 Å². The summed E-state index contributed by atoms with van der Waals surface area (Å²) in [6.07, 6.45) is 6.69. The van der Waals surface area contributed by atoms with E-state index in [0.29, 0.717) is 35.3 Å². The number of aromatic carboxylic acids is 1. The highest BCUT2D eigenvalue weighted by molar-refractivity contribution is 6.07. The van der Waals surface area contributed by atoms with E-state index < -0.39 is 5.97 Å². The summed E-state index contributed by atoms with van der Waals surface area (Å²) in [5.74, 6) is 0.519. The number of carboxylic acids is 1. The van der Waals surface area contributed by atoms with Crippen molar-refractivity contribution in [2.24, 2.45) is 16.9 Å².